The van der Waals surface area contributed by atoms with E-state index in [0.29, 0.717) is 23.2 Å². The molecule has 5 unspecified atom stereocenters. The maximum Gasteiger partial charge on any atom is 0.333 e. The molecule has 4 fully saturated rings. The topological polar surface area (TPSA) is 43.4 Å². The first-order chi connectivity index (χ1) is 8.06. The quantitative estimate of drug-likeness (QED) is 0.543. The first kappa shape index (κ1) is 11.0. The molecule has 0 saturated heterocycles. The number of carbonyl (C=O) groups is 2. The molecule has 5 atom stereocenters. The third-order valence-corrected chi connectivity index (χ3v) is 4.65. The number of rotatable bonds is 2. The maximum absolute atomic E-state index is 12.1. The average molecular weight is 234 g/mol. The summed E-state index contributed by atoms with van der Waals surface area (Å²) in [5.41, 5.74) is 0.422. The minimum atomic E-state index is -0.338. The first-order valence-corrected chi connectivity index (χ1v) is 6.46. The normalized spacial score (nSPS) is 42.6. The lowest BCUT2D eigenvalue weighted by molar-refractivity contribution is -0.172. The number of hydrogen-bond donors (Lipinski definition) is 0. The summed E-state index contributed by atoms with van der Waals surface area (Å²) in [6, 6.07) is 0. The van der Waals surface area contributed by atoms with Crippen molar-refractivity contribution in [3.8, 4) is 0 Å². The van der Waals surface area contributed by atoms with E-state index in [2.05, 4.69) is 6.58 Å². The van der Waals surface area contributed by atoms with Crippen molar-refractivity contribution in [2.24, 2.45) is 23.7 Å². The molecule has 4 bridgehead atoms. The van der Waals surface area contributed by atoms with Crippen LogP contribution in [0.5, 0.6) is 0 Å². The largest absolute Gasteiger partial charge is 0.458 e. The molecule has 0 N–H and O–H groups in total. The fourth-order valence-corrected chi connectivity index (χ4v) is 3.98. The molecule has 0 aromatic heterocycles. The molecule has 3 nitrogen and oxygen atoms in total. The van der Waals surface area contributed by atoms with Crippen molar-refractivity contribution in [1.82, 2.24) is 0 Å². The minimum absolute atomic E-state index is 0.0189. The molecule has 0 aromatic rings. The SMILES string of the molecule is C=C(C)C(=O)OC1C2CC3CC(C2)C(=O)C1C3. The highest BCUT2D eigenvalue weighted by Crippen LogP contribution is 2.53. The Morgan fingerprint density at radius 1 is 1.29 bits per heavy atom. The van der Waals surface area contributed by atoms with Crippen LogP contribution in [0, 0.1) is 23.7 Å². The molecule has 0 aromatic carbocycles. The van der Waals surface area contributed by atoms with Crippen molar-refractivity contribution in [3.05, 3.63) is 12.2 Å². The van der Waals surface area contributed by atoms with Gasteiger partial charge in [0.15, 0.2) is 0 Å². The second kappa shape index (κ2) is 3.69. The molecule has 0 spiro atoms. The summed E-state index contributed by atoms with van der Waals surface area (Å²) in [6.45, 7) is 5.25. The molecule has 92 valence electrons. The van der Waals surface area contributed by atoms with E-state index in [9.17, 15) is 9.59 Å². The lowest BCUT2D eigenvalue weighted by Gasteiger charge is -2.52. The average Bonchev–Trinajstić information content (AvgIpc) is 2.28. The van der Waals surface area contributed by atoms with Crippen molar-refractivity contribution in [3.63, 3.8) is 0 Å². The van der Waals surface area contributed by atoms with E-state index in [4.69, 9.17) is 4.74 Å². The molecule has 0 radical (unpaired) electrons. The van der Waals surface area contributed by atoms with Crippen molar-refractivity contribution in [2.75, 3.05) is 0 Å². The second-order valence-corrected chi connectivity index (χ2v) is 5.92. The van der Waals surface area contributed by atoms with Crippen LogP contribution in [-0.4, -0.2) is 17.9 Å². The van der Waals surface area contributed by atoms with Gasteiger partial charge in [-0.05, 0) is 44.4 Å². The Labute approximate surface area is 101 Å². The third kappa shape index (κ3) is 1.63. The molecule has 4 aliphatic carbocycles. The zero-order valence-corrected chi connectivity index (χ0v) is 10.1. The smallest absolute Gasteiger partial charge is 0.333 e. The lowest BCUT2D eigenvalue weighted by Crippen LogP contribution is -2.55. The Bertz CT molecular complexity index is 398. The van der Waals surface area contributed by atoms with Crippen molar-refractivity contribution >= 4 is 11.8 Å². The van der Waals surface area contributed by atoms with Gasteiger partial charge >= 0.3 is 5.97 Å². The zero-order chi connectivity index (χ0) is 12.2. The predicted molar refractivity (Wildman–Crippen MR) is 62.1 cm³/mol. The van der Waals surface area contributed by atoms with Gasteiger partial charge in [0, 0.05) is 11.5 Å². The number of ketones is 1. The van der Waals surface area contributed by atoms with Crippen LogP contribution in [0.4, 0.5) is 0 Å². The molecular weight excluding hydrogens is 216 g/mol. The Hall–Kier alpha value is -1.12. The number of Topliss-reactive ketones (excluding diaryl/α,β-unsaturated/α-hetero) is 1. The lowest BCUT2D eigenvalue weighted by atomic mass is 9.54. The van der Waals surface area contributed by atoms with Gasteiger partial charge in [-0.2, -0.15) is 0 Å². The highest BCUT2D eigenvalue weighted by atomic mass is 16.5. The van der Waals surface area contributed by atoms with E-state index in [1.807, 2.05) is 0 Å². The highest BCUT2D eigenvalue weighted by molar-refractivity contribution is 5.89. The summed E-state index contributed by atoms with van der Waals surface area (Å²) in [7, 11) is 0. The zero-order valence-electron chi connectivity index (χ0n) is 10.1. The Morgan fingerprint density at radius 2 is 2.06 bits per heavy atom. The van der Waals surface area contributed by atoms with Gasteiger partial charge in [-0.1, -0.05) is 6.58 Å². The molecular formula is C14H18O3. The van der Waals surface area contributed by atoms with Crippen LogP contribution < -0.4 is 0 Å². The van der Waals surface area contributed by atoms with Gasteiger partial charge in [-0.25, -0.2) is 4.79 Å². The fourth-order valence-electron chi connectivity index (χ4n) is 3.98. The van der Waals surface area contributed by atoms with E-state index in [0.717, 1.165) is 25.7 Å². The van der Waals surface area contributed by atoms with Crippen LogP contribution in [0.2, 0.25) is 0 Å². The monoisotopic (exact) mass is 234 g/mol. The molecule has 17 heavy (non-hydrogen) atoms. The molecule has 4 aliphatic rings. The maximum atomic E-state index is 12.1. The van der Waals surface area contributed by atoms with Crippen molar-refractivity contribution in [2.45, 2.75) is 38.7 Å². The number of hydrogen-bond acceptors (Lipinski definition) is 3. The van der Waals surface area contributed by atoms with Gasteiger partial charge in [0.25, 0.3) is 0 Å². The van der Waals surface area contributed by atoms with Crippen LogP contribution in [0.1, 0.15) is 32.6 Å². The van der Waals surface area contributed by atoms with Crippen molar-refractivity contribution in [1.29, 1.82) is 0 Å². The standard InChI is InChI=1S/C14H18O3/c1-7(2)14(16)17-13-10-4-8-3-9(6-10)12(15)11(13)5-8/h8-11,13H,1,3-6H2,2H3. The van der Waals surface area contributed by atoms with Gasteiger partial charge in [0.2, 0.25) is 0 Å². The Balaban J connectivity index is 1.79. The van der Waals surface area contributed by atoms with Gasteiger partial charge < -0.3 is 4.74 Å². The van der Waals surface area contributed by atoms with E-state index in [1.165, 1.54) is 0 Å². The van der Waals surface area contributed by atoms with Crippen LogP contribution in [0.3, 0.4) is 0 Å². The number of carbonyl (C=O) groups excluding carboxylic acids is 2. The summed E-state index contributed by atoms with van der Waals surface area (Å²) in [5, 5.41) is 0. The van der Waals surface area contributed by atoms with Crippen LogP contribution in [0.25, 0.3) is 0 Å². The van der Waals surface area contributed by atoms with E-state index in [1.54, 1.807) is 6.92 Å². The van der Waals surface area contributed by atoms with Gasteiger partial charge in [-0.15, -0.1) is 0 Å². The van der Waals surface area contributed by atoms with Crippen LogP contribution in [0.15, 0.2) is 12.2 Å². The molecule has 0 heterocycles. The predicted octanol–water partition coefficient (Wildman–Crippen LogP) is 2.11. The van der Waals surface area contributed by atoms with Crippen LogP contribution in [-0.2, 0) is 14.3 Å². The van der Waals surface area contributed by atoms with E-state index >= 15 is 0 Å². The van der Waals surface area contributed by atoms with Gasteiger partial charge in [0.05, 0.1) is 5.92 Å². The van der Waals surface area contributed by atoms with Crippen molar-refractivity contribution < 1.29 is 14.3 Å². The summed E-state index contributed by atoms with van der Waals surface area (Å²) >= 11 is 0. The molecule has 0 amide bonds. The number of ether oxygens (including phenoxy) is 1. The van der Waals surface area contributed by atoms with E-state index in [-0.39, 0.29) is 23.9 Å². The molecule has 4 saturated carbocycles. The fraction of sp³-hybridized carbons (Fsp3) is 0.714. The van der Waals surface area contributed by atoms with Gasteiger partial charge in [-0.3, -0.25) is 4.79 Å². The molecule has 4 rings (SSSR count). The highest BCUT2D eigenvalue weighted by Gasteiger charge is 2.54. The van der Waals surface area contributed by atoms with Gasteiger partial charge in [0.1, 0.15) is 11.9 Å². The Kier molecular flexibility index (Phi) is 2.39. The first-order valence-electron chi connectivity index (χ1n) is 6.46. The minimum Gasteiger partial charge on any atom is -0.458 e. The van der Waals surface area contributed by atoms with E-state index < -0.39 is 0 Å². The summed E-state index contributed by atoms with van der Waals surface area (Å²) in [4.78, 5) is 23.7. The number of esters is 1. The molecule has 3 heteroatoms. The summed E-state index contributed by atoms with van der Waals surface area (Å²) < 4.78 is 5.50. The van der Waals surface area contributed by atoms with Crippen LogP contribution >= 0.6 is 0 Å². The summed E-state index contributed by atoms with van der Waals surface area (Å²) in [5.74, 6) is 1.36. The second-order valence-electron chi connectivity index (χ2n) is 5.92. The third-order valence-electron chi connectivity index (χ3n) is 4.65. The molecule has 0 aliphatic heterocycles. The summed E-state index contributed by atoms with van der Waals surface area (Å²) in [6.07, 6.45) is 3.90. The Morgan fingerprint density at radius 3 is 2.76 bits per heavy atom.